The van der Waals surface area contributed by atoms with Gasteiger partial charge in [-0.15, -0.1) is 0 Å². The molecule has 0 aliphatic carbocycles. The van der Waals surface area contributed by atoms with E-state index in [0.29, 0.717) is 29.7 Å². The Labute approximate surface area is 150 Å². The molecule has 2 aliphatic rings. The van der Waals surface area contributed by atoms with Gasteiger partial charge < -0.3 is 9.84 Å². The van der Waals surface area contributed by atoms with Gasteiger partial charge in [-0.2, -0.15) is 0 Å². The zero-order valence-electron chi connectivity index (χ0n) is 16.0. The van der Waals surface area contributed by atoms with Crippen LogP contribution in [-0.2, 0) is 4.79 Å². The zero-order chi connectivity index (χ0) is 18.0. The van der Waals surface area contributed by atoms with Crippen LogP contribution in [-0.4, -0.2) is 58.1 Å². The second-order valence-corrected chi connectivity index (χ2v) is 7.75. The molecule has 25 heavy (non-hydrogen) atoms. The molecule has 2 aliphatic heterocycles. The van der Waals surface area contributed by atoms with Crippen LogP contribution in [0.1, 0.15) is 58.6 Å². The van der Waals surface area contributed by atoms with Crippen LogP contribution in [0.2, 0.25) is 0 Å². The SMILES string of the molecule is CCC(C(=O)Nc1cc(C)on1)N1CCCC(N2C(C)CCC2C)C1. The number of aryl methyl sites for hydroxylation is 1. The molecule has 0 bridgehead atoms. The fraction of sp³-hybridized carbons (Fsp3) is 0.789. The number of piperidine rings is 1. The van der Waals surface area contributed by atoms with Gasteiger partial charge >= 0.3 is 0 Å². The Balaban J connectivity index is 1.64. The lowest BCUT2D eigenvalue weighted by molar-refractivity contribution is -0.122. The number of hydrogen-bond donors (Lipinski definition) is 1. The Morgan fingerprint density at radius 3 is 2.68 bits per heavy atom. The highest BCUT2D eigenvalue weighted by Gasteiger charge is 2.37. The second-order valence-electron chi connectivity index (χ2n) is 7.75. The van der Waals surface area contributed by atoms with Crippen LogP contribution in [0.25, 0.3) is 0 Å². The van der Waals surface area contributed by atoms with Gasteiger partial charge in [0.15, 0.2) is 5.82 Å². The number of amides is 1. The van der Waals surface area contributed by atoms with E-state index in [1.165, 1.54) is 19.3 Å². The fourth-order valence-electron chi connectivity index (χ4n) is 4.69. The number of nitrogens with one attached hydrogen (secondary N) is 1. The highest BCUT2D eigenvalue weighted by Crippen LogP contribution is 2.30. The first-order valence-electron chi connectivity index (χ1n) is 9.75. The van der Waals surface area contributed by atoms with Crippen molar-refractivity contribution in [1.82, 2.24) is 15.0 Å². The average molecular weight is 348 g/mol. The number of carbonyl (C=O) groups is 1. The van der Waals surface area contributed by atoms with E-state index in [4.69, 9.17) is 4.52 Å². The normalized spacial score (nSPS) is 29.7. The molecule has 3 rings (SSSR count). The van der Waals surface area contributed by atoms with Crippen LogP contribution in [0.5, 0.6) is 0 Å². The van der Waals surface area contributed by atoms with Crippen molar-refractivity contribution in [2.24, 2.45) is 0 Å². The summed E-state index contributed by atoms with van der Waals surface area (Å²) in [5.74, 6) is 1.24. The summed E-state index contributed by atoms with van der Waals surface area (Å²) in [4.78, 5) is 17.8. The largest absolute Gasteiger partial charge is 0.360 e. The molecule has 1 aromatic rings. The molecule has 0 radical (unpaired) electrons. The summed E-state index contributed by atoms with van der Waals surface area (Å²) < 4.78 is 5.05. The summed E-state index contributed by atoms with van der Waals surface area (Å²) in [6.07, 6.45) is 5.79. The minimum Gasteiger partial charge on any atom is -0.360 e. The van der Waals surface area contributed by atoms with E-state index in [1.807, 2.05) is 6.92 Å². The summed E-state index contributed by atoms with van der Waals surface area (Å²) in [5, 5.41) is 6.80. The van der Waals surface area contributed by atoms with Crippen LogP contribution in [0.15, 0.2) is 10.6 Å². The Bertz CT molecular complexity index is 578. The van der Waals surface area contributed by atoms with Crippen molar-refractivity contribution in [2.75, 3.05) is 18.4 Å². The zero-order valence-corrected chi connectivity index (χ0v) is 16.0. The molecule has 0 aromatic carbocycles. The first-order chi connectivity index (χ1) is 12.0. The van der Waals surface area contributed by atoms with E-state index in [-0.39, 0.29) is 11.9 Å². The van der Waals surface area contributed by atoms with Gasteiger partial charge in [0.05, 0.1) is 6.04 Å². The molecule has 1 aromatic heterocycles. The quantitative estimate of drug-likeness (QED) is 0.886. The molecule has 1 N–H and O–H groups in total. The van der Waals surface area contributed by atoms with E-state index >= 15 is 0 Å². The van der Waals surface area contributed by atoms with Crippen molar-refractivity contribution in [1.29, 1.82) is 0 Å². The topological polar surface area (TPSA) is 61.6 Å². The molecular weight excluding hydrogens is 316 g/mol. The van der Waals surface area contributed by atoms with E-state index in [1.54, 1.807) is 6.07 Å². The maximum absolute atomic E-state index is 12.8. The van der Waals surface area contributed by atoms with Gasteiger partial charge in [0.25, 0.3) is 0 Å². The highest BCUT2D eigenvalue weighted by molar-refractivity contribution is 5.94. The summed E-state index contributed by atoms with van der Waals surface area (Å²) in [7, 11) is 0. The lowest BCUT2D eigenvalue weighted by Crippen LogP contribution is -2.55. The maximum atomic E-state index is 12.8. The lowest BCUT2D eigenvalue weighted by atomic mass is 9.99. The molecule has 0 spiro atoms. The second kappa shape index (κ2) is 7.87. The molecule has 140 valence electrons. The van der Waals surface area contributed by atoms with Crippen molar-refractivity contribution >= 4 is 11.7 Å². The molecule has 3 heterocycles. The minimum atomic E-state index is -0.104. The number of likely N-dealkylation sites (tertiary alicyclic amines) is 2. The van der Waals surface area contributed by atoms with Gasteiger partial charge in [0.1, 0.15) is 5.76 Å². The Hall–Kier alpha value is -1.40. The lowest BCUT2D eigenvalue weighted by Gasteiger charge is -2.43. The number of anilines is 1. The van der Waals surface area contributed by atoms with Crippen molar-refractivity contribution in [3.63, 3.8) is 0 Å². The predicted molar refractivity (Wildman–Crippen MR) is 98.5 cm³/mol. The average Bonchev–Trinajstić information content (AvgIpc) is 3.13. The third-order valence-corrected chi connectivity index (χ3v) is 5.88. The predicted octanol–water partition coefficient (Wildman–Crippen LogP) is 3.04. The van der Waals surface area contributed by atoms with Crippen LogP contribution in [0, 0.1) is 6.92 Å². The Morgan fingerprint density at radius 2 is 2.08 bits per heavy atom. The van der Waals surface area contributed by atoms with Crippen molar-refractivity contribution < 1.29 is 9.32 Å². The summed E-state index contributed by atoms with van der Waals surface area (Å²) in [6, 6.07) is 3.54. The van der Waals surface area contributed by atoms with Gasteiger partial charge in [-0.3, -0.25) is 14.6 Å². The molecule has 4 unspecified atom stereocenters. The van der Waals surface area contributed by atoms with Gasteiger partial charge in [-0.1, -0.05) is 12.1 Å². The van der Waals surface area contributed by atoms with E-state index in [0.717, 1.165) is 25.9 Å². The summed E-state index contributed by atoms with van der Waals surface area (Å²) >= 11 is 0. The van der Waals surface area contributed by atoms with Gasteiger partial charge in [0.2, 0.25) is 5.91 Å². The number of aromatic nitrogens is 1. The molecule has 0 saturated carbocycles. The maximum Gasteiger partial charge on any atom is 0.242 e. The molecular formula is C19H32N4O2. The van der Waals surface area contributed by atoms with Crippen molar-refractivity contribution in [3.8, 4) is 0 Å². The third-order valence-electron chi connectivity index (χ3n) is 5.88. The van der Waals surface area contributed by atoms with Crippen molar-refractivity contribution in [3.05, 3.63) is 11.8 Å². The monoisotopic (exact) mass is 348 g/mol. The standard InChI is InChI=1S/C19H32N4O2/c1-5-17(19(24)20-18-11-15(4)25-21-18)22-10-6-7-16(12-22)23-13(2)8-9-14(23)3/h11,13-14,16-17H,5-10,12H2,1-4H3,(H,20,21,24). The Kier molecular flexibility index (Phi) is 5.79. The first kappa shape index (κ1) is 18.4. The molecule has 2 fully saturated rings. The smallest absolute Gasteiger partial charge is 0.242 e. The first-order valence-corrected chi connectivity index (χ1v) is 9.75. The number of hydrogen-bond acceptors (Lipinski definition) is 5. The van der Waals surface area contributed by atoms with Gasteiger partial charge in [0, 0.05) is 30.7 Å². The van der Waals surface area contributed by atoms with Crippen molar-refractivity contribution in [2.45, 2.75) is 84.0 Å². The third kappa shape index (κ3) is 4.06. The van der Waals surface area contributed by atoms with E-state index in [9.17, 15) is 4.79 Å². The van der Waals surface area contributed by atoms with Crippen LogP contribution < -0.4 is 5.32 Å². The summed E-state index contributed by atoms with van der Waals surface area (Å²) in [5.41, 5.74) is 0. The number of carbonyl (C=O) groups excluding carboxylic acids is 1. The molecule has 6 heteroatoms. The van der Waals surface area contributed by atoms with Crippen LogP contribution >= 0.6 is 0 Å². The van der Waals surface area contributed by atoms with Crippen LogP contribution in [0.4, 0.5) is 5.82 Å². The molecule has 6 nitrogen and oxygen atoms in total. The minimum absolute atomic E-state index is 0.0268. The number of nitrogens with zero attached hydrogens (tertiary/aromatic N) is 3. The Morgan fingerprint density at radius 1 is 1.36 bits per heavy atom. The summed E-state index contributed by atoms with van der Waals surface area (Å²) in [6.45, 7) is 10.6. The fourth-order valence-corrected chi connectivity index (χ4v) is 4.69. The van der Waals surface area contributed by atoms with E-state index < -0.39 is 0 Å². The molecule has 4 atom stereocenters. The highest BCUT2D eigenvalue weighted by atomic mass is 16.5. The van der Waals surface area contributed by atoms with Gasteiger partial charge in [-0.05, 0) is 59.4 Å². The van der Waals surface area contributed by atoms with Crippen LogP contribution in [0.3, 0.4) is 0 Å². The van der Waals surface area contributed by atoms with Gasteiger partial charge in [-0.25, -0.2) is 0 Å². The molecule has 2 saturated heterocycles. The number of rotatable bonds is 5. The molecule has 1 amide bonds. The van der Waals surface area contributed by atoms with E-state index in [2.05, 4.69) is 41.0 Å².